The number of rotatable bonds is 3. The van der Waals surface area contributed by atoms with Gasteiger partial charge in [0.1, 0.15) is 5.82 Å². The number of aromatic carboxylic acids is 1. The lowest BCUT2D eigenvalue weighted by molar-refractivity contribution is -0.117. The van der Waals surface area contributed by atoms with Gasteiger partial charge >= 0.3 is 5.97 Å². The topological polar surface area (TPSA) is 83.6 Å². The van der Waals surface area contributed by atoms with Crippen molar-refractivity contribution in [2.45, 2.75) is 6.42 Å². The minimum atomic E-state index is -1.35. The Morgan fingerprint density at radius 1 is 1.56 bits per heavy atom. The molecule has 1 saturated heterocycles. The molecule has 1 fully saturated rings. The van der Waals surface area contributed by atoms with Crippen molar-refractivity contribution in [3.8, 4) is 0 Å². The van der Waals surface area contributed by atoms with Crippen LogP contribution in [0, 0.1) is 11.7 Å². The van der Waals surface area contributed by atoms with Gasteiger partial charge in [0, 0.05) is 18.7 Å². The smallest absolute Gasteiger partial charge is 0.338 e. The Hall–Kier alpha value is -1.95. The van der Waals surface area contributed by atoms with Crippen molar-refractivity contribution >= 4 is 17.6 Å². The molecule has 0 bridgehead atoms. The highest BCUT2D eigenvalue weighted by Gasteiger charge is 2.30. The molecule has 18 heavy (non-hydrogen) atoms. The maximum atomic E-state index is 13.2. The first kappa shape index (κ1) is 12.5. The highest BCUT2D eigenvalue weighted by molar-refractivity contribution is 5.97. The number of benzene rings is 1. The third-order valence-corrected chi connectivity index (χ3v) is 3.03. The second kappa shape index (κ2) is 4.73. The van der Waals surface area contributed by atoms with Crippen LogP contribution in [0.3, 0.4) is 0 Å². The van der Waals surface area contributed by atoms with Gasteiger partial charge in [-0.25, -0.2) is 9.18 Å². The van der Waals surface area contributed by atoms with Crippen LogP contribution in [0.4, 0.5) is 10.1 Å². The third kappa shape index (κ3) is 2.19. The van der Waals surface area contributed by atoms with E-state index in [0.717, 1.165) is 6.07 Å². The fraction of sp³-hybridized carbons (Fsp3) is 0.333. The Bertz CT molecular complexity index is 504. The highest BCUT2D eigenvalue weighted by atomic mass is 19.1. The van der Waals surface area contributed by atoms with E-state index in [2.05, 4.69) is 0 Å². The van der Waals surface area contributed by atoms with E-state index >= 15 is 0 Å². The number of nitrogens with zero attached hydrogens (tertiary/aromatic N) is 1. The van der Waals surface area contributed by atoms with Crippen molar-refractivity contribution < 1.29 is 19.1 Å². The van der Waals surface area contributed by atoms with Gasteiger partial charge in [-0.1, -0.05) is 0 Å². The van der Waals surface area contributed by atoms with Crippen molar-refractivity contribution in [1.29, 1.82) is 0 Å². The number of carbonyl (C=O) groups excluding carboxylic acids is 1. The summed E-state index contributed by atoms with van der Waals surface area (Å²) in [6.07, 6.45) is 0.344. The number of halogens is 1. The van der Waals surface area contributed by atoms with Crippen molar-refractivity contribution in [3.63, 3.8) is 0 Å². The Morgan fingerprint density at radius 2 is 2.28 bits per heavy atom. The molecule has 1 amide bonds. The average Bonchev–Trinajstić information content (AvgIpc) is 2.71. The van der Waals surface area contributed by atoms with E-state index in [4.69, 9.17) is 10.8 Å². The van der Waals surface area contributed by atoms with Gasteiger partial charge in [0.2, 0.25) is 5.91 Å². The van der Waals surface area contributed by atoms with Gasteiger partial charge in [0.05, 0.1) is 5.56 Å². The van der Waals surface area contributed by atoms with Crippen LogP contribution in [0.25, 0.3) is 0 Å². The van der Waals surface area contributed by atoms with Gasteiger partial charge in [-0.2, -0.15) is 0 Å². The van der Waals surface area contributed by atoms with Crippen LogP contribution in [0.2, 0.25) is 0 Å². The maximum absolute atomic E-state index is 13.2. The molecule has 1 aromatic carbocycles. The number of carboxylic acid groups (broad SMARTS) is 1. The molecule has 96 valence electrons. The highest BCUT2D eigenvalue weighted by Crippen LogP contribution is 2.26. The summed E-state index contributed by atoms with van der Waals surface area (Å²) in [5, 5.41) is 8.83. The number of amides is 1. The van der Waals surface area contributed by atoms with Crippen molar-refractivity contribution in [3.05, 3.63) is 29.6 Å². The molecule has 0 spiro atoms. The molecule has 5 nitrogen and oxygen atoms in total. The van der Waals surface area contributed by atoms with E-state index in [-0.39, 0.29) is 11.8 Å². The molecule has 0 aliphatic carbocycles. The summed E-state index contributed by atoms with van der Waals surface area (Å²) in [7, 11) is 0. The Kier molecular flexibility index (Phi) is 3.29. The van der Waals surface area contributed by atoms with Gasteiger partial charge in [-0.3, -0.25) is 4.79 Å². The van der Waals surface area contributed by atoms with Gasteiger partial charge in [0.25, 0.3) is 0 Å². The number of hydrogen-bond donors (Lipinski definition) is 2. The van der Waals surface area contributed by atoms with Crippen LogP contribution in [0.15, 0.2) is 18.2 Å². The fourth-order valence-corrected chi connectivity index (χ4v) is 2.03. The van der Waals surface area contributed by atoms with Crippen molar-refractivity contribution in [2.75, 3.05) is 18.0 Å². The molecule has 0 radical (unpaired) electrons. The molecule has 6 heteroatoms. The number of anilines is 1. The van der Waals surface area contributed by atoms with Crippen LogP contribution >= 0.6 is 0 Å². The first-order valence-corrected chi connectivity index (χ1v) is 5.56. The molecule has 0 saturated carbocycles. The van der Waals surface area contributed by atoms with E-state index in [9.17, 15) is 14.0 Å². The molecule has 3 N–H and O–H groups in total. The zero-order valence-corrected chi connectivity index (χ0v) is 9.60. The molecule has 2 rings (SSSR count). The summed E-state index contributed by atoms with van der Waals surface area (Å²) >= 11 is 0. The van der Waals surface area contributed by atoms with E-state index in [0.29, 0.717) is 25.2 Å². The zero-order valence-electron chi connectivity index (χ0n) is 9.60. The summed E-state index contributed by atoms with van der Waals surface area (Å²) < 4.78 is 13.2. The SMILES string of the molecule is NCC1CC(=O)N(c2ccc(F)c(C(=O)O)c2)C1. The Labute approximate surface area is 103 Å². The summed E-state index contributed by atoms with van der Waals surface area (Å²) in [4.78, 5) is 24.0. The number of hydrogen-bond acceptors (Lipinski definition) is 3. The van der Waals surface area contributed by atoms with Crippen molar-refractivity contribution in [1.82, 2.24) is 0 Å². The van der Waals surface area contributed by atoms with Gasteiger partial charge in [0.15, 0.2) is 0 Å². The number of carbonyl (C=O) groups is 2. The monoisotopic (exact) mass is 252 g/mol. The summed E-state index contributed by atoms with van der Waals surface area (Å²) in [5.41, 5.74) is 5.47. The van der Waals surface area contributed by atoms with E-state index in [1.807, 2.05) is 0 Å². The molecular formula is C12H13FN2O3. The summed E-state index contributed by atoms with van der Waals surface area (Å²) in [6.45, 7) is 0.843. The Morgan fingerprint density at radius 3 is 2.83 bits per heavy atom. The van der Waals surface area contributed by atoms with Crippen LogP contribution in [0.5, 0.6) is 0 Å². The molecule has 1 heterocycles. The molecular weight excluding hydrogens is 239 g/mol. The largest absolute Gasteiger partial charge is 0.478 e. The molecule has 0 aromatic heterocycles. The number of carboxylic acids is 1. The van der Waals surface area contributed by atoms with Crippen molar-refractivity contribution in [2.24, 2.45) is 11.7 Å². The Balaban J connectivity index is 2.32. The molecule has 1 aromatic rings. The summed E-state index contributed by atoms with van der Waals surface area (Å²) in [6, 6.07) is 3.63. The molecule has 1 atom stereocenters. The van der Waals surface area contributed by atoms with Crippen LogP contribution in [0.1, 0.15) is 16.8 Å². The van der Waals surface area contributed by atoms with Crippen LogP contribution < -0.4 is 10.6 Å². The van der Waals surface area contributed by atoms with E-state index in [1.54, 1.807) is 0 Å². The minimum Gasteiger partial charge on any atom is -0.478 e. The van der Waals surface area contributed by atoms with E-state index < -0.39 is 17.3 Å². The lowest BCUT2D eigenvalue weighted by atomic mass is 10.1. The van der Waals surface area contributed by atoms with E-state index in [1.165, 1.54) is 17.0 Å². The second-order valence-electron chi connectivity index (χ2n) is 4.28. The van der Waals surface area contributed by atoms with Crippen LogP contribution in [-0.4, -0.2) is 30.1 Å². The molecule has 1 aliphatic rings. The quantitative estimate of drug-likeness (QED) is 0.834. The van der Waals surface area contributed by atoms with Gasteiger partial charge in [-0.15, -0.1) is 0 Å². The second-order valence-corrected chi connectivity index (χ2v) is 4.28. The maximum Gasteiger partial charge on any atom is 0.338 e. The zero-order chi connectivity index (χ0) is 13.3. The lowest BCUT2D eigenvalue weighted by Crippen LogP contribution is -2.26. The number of nitrogens with two attached hydrogens (primary N) is 1. The van der Waals surface area contributed by atoms with Gasteiger partial charge < -0.3 is 15.7 Å². The summed E-state index contributed by atoms with van der Waals surface area (Å²) in [5.74, 6) is -2.21. The van der Waals surface area contributed by atoms with Gasteiger partial charge in [-0.05, 0) is 30.7 Å². The fourth-order valence-electron chi connectivity index (χ4n) is 2.03. The predicted molar refractivity (Wildman–Crippen MR) is 62.9 cm³/mol. The standard InChI is InChI=1S/C12H13FN2O3/c13-10-2-1-8(4-9(10)12(17)18)15-6-7(5-14)3-11(15)16/h1-2,4,7H,3,5-6,14H2,(H,17,18). The lowest BCUT2D eigenvalue weighted by Gasteiger charge is -2.17. The predicted octanol–water partition coefficient (Wildman–Crippen LogP) is 0.836. The average molecular weight is 252 g/mol. The minimum absolute atomic E-state index is 0.0656. The third-order valence-electron chi connectivity index (χ3n) is 3.03. The molecule has 1 aliphatic heterocycles. The first-order chi connectivity index (χ1) is 8.52. The molecule has 1 unspecified atom stereocenters. The normalized spacial score (nSPS) is 19.3. The van der Waals surface area contributed by atoms with Crippen LogP contribution in [-0.2, 0) is 4.79 Å². The first-order valence-electron chi connectivity index (χ1n) is 5.56.